The lowest BCUT2D eigenvalue weighted by atomic mass is 9.91. The van der Waals surface area contributed by atoms with Gasteiger partial charge in [-0.15, -0.1) is 0 Å². The van der Waals surface area contributed by atoms with E-state index >= 15 is 0 Å². The third kappa shape index (κ3) is 15.8. The first-order valence-electron chi connectivity index (χ1n) is 6.94. The molecule has 0 spiro atoms. The molecule has 0 aromatic carbocycles. The largest absolute Gasteiger partial charge is 0.379 e. The van der Waals surface area contributed by atoms with Crippen LogP contribution < -0.4 is 5.32 Å². The average molecular weight is 261 g/mol. The van der Waals surface area contributed by atoms with Gasteiger partial charge in [-0.2, -0.15) is 0 Å². The summed E-state index contributed by atoms with van der Waals surface area (Å²) >= 11 is 0. The molecule has 0 aliphatic rings. The van der Waals surface area contributed by atoms with Crippen LogP contribution in [-0.2, 0) is 14.2 Å². The van der Waals surface area contributed by atoms with Gasteiger partial charge in [0, 0.05) is 13.2 Å². The second-order valence-corrected chi connectivity index (χ2v) is 5.60. The number of hydrogen-bond donors (Lipinski definition) is 1. The van der Waals surface area contributed by atoms with E-state index in [-0.39, 0.29) is 0 Å². The van der Waals surface area contributed by atoms with Gasteiger partial charge in [0.05, 0.1) is 33.0 Å². The molecule has 0 saturated carbocycles. The zero-order chi connectivity index (χ0) is 13.7. The summed E-state index contributed by atoms with van der Waals surface area (Å²) < 4.78 is 16.2. The summed E-state index contributed by atoms with van der Waals surface area (Å²) in [6, 6.07) is 0. The van der Waals surface area contributed by atoms with Gasteiger partial charge in [-0.05, 0) is 25.3 Å². The topological polar surface area (TPSA) is 39.7 Å². The molecule has 0 bridgehead atoms. The SMILES string of the molecule is CNCCOCCOCCOCCCC(C)(C)C. The number of rotatable bonds is 12. The standard InChI is InChI=1S/C14H31NO3/c1-14(2,3)6-5-8-16-10-12-18-13-11-17-9-7-15-4/h15H,5-13H2,1-4H3. The van der Waals surface area contributed by atoms with Crippen LogP contribution in [0.2, 0.25) is 0 Å². The van der Waals surface area contributed by atoms with Crippen molar-refractivity contribution in [2.24, 2.45) is 5.41 Å². The summed E-state index contributed by atoms with van der Waals surface area (Å²) in [6.45, 7) is 11.9. The predicted molar refractivity (Wildman–Crippen MR) is 75.1 cm³/mol. The Morgan fingerprint density at radius 2 is 1.28 bits per heavy atom. The van der Waals surface area contributed by atoms with Crippen LogP contribution in [0.25, 0.3) is 0 Å². The third-order valence-corrected chi connectivity index (χ3v) is 2.46. The summed E-state index contributed by atoms with van der Waals surface area (Å²) in [4.78, 5) is 0. The van der Waals surface area contributed by atoms with Gasteiger partial charge in [0.15, 0.2) is 0 Å². The Balaban J connectivity index is 2.99. The highest BCUT2D eigenvalue weighted by Gasteiger charge is 2.08. The lowest BCUT2D eigenvalue weighted by molar-refractivity contribution is 0.0137. The Kier molecular flexibility index (Phi) is 11.8. The molecule has 0 aromatic rings. The van der Waals surface area contributed by atoms with Crippen molar-refractivity contribution >= 4 is 0 Å². The first-order valence-corrected chi connectivity index (χ1v) is 6.94. The van der Waals surface area contributed by atoms with E-state index in [4.69, 9.17) is 14.2 Å². The fourth-order valence-electron chi connectivity index (χ4n) is 1.42. The smallest absolute Gasteiger partial charge is 0.0701 e. The highest BCUT2D eigenvalue weighted by atomic mass is 16.5. The number of ether oxygens (including phenoxy) is 3. The molecule has 0 rings (SSSR count). The lowest BCUT2D eigenvalue weighted by Gasteiger charge is -2.17. The number of likely N-dealkylation sites (N-methyl/N-ethyl adjacent to an activating group) is 1. The van der Waals surface area contributed by atoms with E-state index in [2.05, 4.69) is 26.1 Å². The molecule has 4 heteroatoms. The van der Waals surface area contributed by atoms with Crippen molar-refractivity contribution in [2.45, 2.75) is 33.6 Å². The highest BCUT2D eigenvalue weighted by Crippen LogP contribution is 2.20. The first-order chi connectivity index (χ1) is 8.56. The van der Waals surface area contributed by atoms with Crippen LogP contribution >= 0.6 is 0 Å². The fourth-order valence-corrected chi connectivity index (χ4v) is 1.42. The Labute approximate surface area is 112 Å². The van der Waals surface area contributed by atoms with Crippen molar-refractivity contribution in [2.75, 3.05) is 53.2 Å². The Morgan fingerprint density at radius 1 is 0.778 bits per heavy atom. The minimum atomic E-state index is 0.407. The summed E-state index contributed by atoms with van der Waals surface area (Å²) in [6.07, 6.45) is 2.32. The van der Waals surface area contributed by atoms with E-state index in [0.29, 0.717) is 31.8 Å². The van der Waals surface area contributed by atoms with Gasteiger partial charge in [-0.1, -0.05) is 20.8 Å². The van der Waals surface area contributed by atoms with Crippen LogP contribution in [0.3, 0.4) is 0 Å². The molecule has 0 amide bonds. The van der Waals surface area contributed by atoms with E-state index in [0.717, 1.165) is 26.2 Å². The molecule has 0 aliphatic heterocycles. The monoisotopic (exact) mass is 261 g/mol. The molecular weight excluding hydrogens is 230 g/mol. The second kappa shape index (κ2) is 11.9. The van der Waals surface area contributed by atoms with Crippen LogP contribution in [0, 0.1) is 5.41 Å². The van der Waals surface area contributed by atoms with Crippen LogP contribution in [-0.4, -0.2) is 53.2 Å². The van der Waals surface area contributed by atoms with Crippen LogP contribution in [0.4, 0.5) is 0 Å². The molecule has 4 nitrogen and oxygen atoms in total. The van der Waals surface area contributed by atoms with E-state index in [9.17, 15) is 0 Å². The van der Waals surface area contributed by atoms with Gasteiger partial charge in [-0.25, -0.2) is 0 Å². The molecule has 110 valence electrons. The molecule has 0 radical (unpaired) electrons. The molecule has 0 saturated heterocycles. The average Bonchev–Trinajstić information content (AvgIpc) is 2.29. The van der Waals surface area contributed by atoms with Crippen LogP contribution in [0.15, 0.2) is 0 Å². The summed E-state index contributed by atoms with van der Waals surface area (Å²) in [7, 11) is 1.91. The molecule has 0 atom stereocenters. The molecule has 0 aromatic heterocycles. The third-order valence-electron chi connectivity index (χ3n) is 2.46. The van der Waals surface area contributed by atoms with Crippen LogP contribution in [0.5, 0.6) is 0 Å². The molecule has 1 N–H and O–H groups in total. The van der Waals surface area contributed by atoms with E-state index < -0.39 is 0 Å². The van der Waals surface area contributed by atoms with Gasteiger partial charge < -0.3 is 19.5 Å². The van der Waals surface area contributed by atoms with Crippen molar-refractivity contribution in [3.8, 4) is 0 Å². The normalized spacial score (nSPS) is 12.0. The van der Waals surface area contributed by atoms with Gasteiger partial charge >= 0.3 is 0 Å². The molecule has 18 heavy (non-hydrogen) atoms. The molecule has 0 heterocycles. The first kappa shape index (κ1) is 17.8. The summed E-state index contributed by atoms with van der Waals surface area (Å²) in [5, 5.41) is 3.02. The highest BCUT2D eigenvalue weighted by molar-refractivity contribution is 4.60. The van der Waals surface area contributed by atoms with Gasteiger partial charge in [0.1, 0.15) is 0 Å². The molecule has 0 fully saturated rings. The van der Waals surface area contributed by atoms with Gasteiger partial charge in [0.25, 0.3) is 0 Å². The lowest BCUT2D eigenvalue weighted by Crippen LogP contribution is -2.16. The van der Waals surface area contributed by atoms with Crippen molar-refractivity contribution in [1.82, 2.24) is 5.32 Å². The maximum atomic E-state index is 5.50. The summed E-state index contributed by atoms with van der Waals surface area (Å²) in [5.41, 5.74) is 0.407. The molecular formula is C14H31NO3. The second-order valence-electron chi connectivity index (χ2n) is 5.60. The van der Waals surface area contributed by atoms with E-state index in [1.807, 2.05) is 7.05 Å². The zero-order valence-corrected chi connectivity index (χ0v) is 12.6. The van der Waals surface area contributed by atoms with Crippen molar-refractivity contribution in [1.29, 1.82) is 0 Å². The Hall–Kier alpha value is -0.160. The van der Waals surface area contributed by atoms with Crippen LogP contribution in [0.1, 0.15) is 33.6 Å². The van der Waals surface area contributed by atoms with Crippen molar-refractivity contribution in [3.05, 3.63) is 0 Å². The minimum Gasteiger partial charge on any atom is -0.379 e. The maximum Gasteiger partial charge on any atom is 0.0701 e. The van der Waals surface area contributed by atoms with Crippen molar-refractivity contribution < 1.29 is 14.2 Å². The number of nitrogens with one attached hydrogen (secondary N) is 1. The van der Waals surface area contributed by atoms with E-state index in [1.54, 1.807) is 0 Å². The van der Waals surface area contributed by atoms with Gasteiger partial charge in [-0.3, -0.25) is 0 Å². The molecule has 0 unspecified atom stereocenters. The number of hydrogen-bond acceptors (Lipinski definition) is 4. The quantitative estimate of drug-likeness (QED) is 0.546. The fraction of sp³-hybridized carbons (Fsp3) is 1.00. The Bertz CT molecular complexity index is 169. The van der Waals surface area contributed by atoms with Gasteiger partial charge in [0.2, 0.25) is 0 Å². The maximum absolute atomic E-state index is 5.50. The Morgan fingerprint density at radius 3 is 1.78 bits per heavy atom. The molecule has 0 aliphatic carbocycles. The summed E-state index contributed by atoms with van der Waals surface area (Å²) in [5.74, 6) is 0. The minimum absolute atomic E-state index is 0.407. The van der Waals surface area contributed by atoms with Crippen molar-refractivity contribution in [3.63, 3.8) is 0 Å². The predicted octanol–water partition coefficient (Wildman–Crippen LogP) is 2.08. The van der Waals surface area contributed by atoms with E-state index in [1.165, 1.54) is 6.42 Å². The zero-order valence-electron chi connectivity index (χ0n) is 12.6.